The van der Waals surface area contributed by atoms with Crippen LogP contribution in [0.4, 0.5) is 0 Å². The van der Waals surface area contributed by atoms with E-state index >= 15 is 0 Å². The number of aromatic nitrogens is 5. The zero-order valence-electron chi connectivity index (χ0n) is 11.5. The lowest BCUT2D eigenvalue weighted by Crippen LogP contribution is -2.31. The van der Waals surface area contributed by atoms with Crippen LogP contribution in [0.25, 0.3) is 0 Å². The Morgan fingerprint density at radius 3 is 3.25 bits per heavy atom. The minimum absolute atomic E-state index is 0.173. The topological polar surface area (TPSA) is 77.6 Å². The van der Waals surface area contributed by atoms with Gasteiger partial charge in [0.15, 0.2) is 5.69 Å². The third kappa shape index (κ3) is 2.43. The van der Waals surface area contributed by atoms with E-state index in [0.29, 0.717) is 18.8 Å². The molecule has 0 radical (unpaired) electrons. The van der Waals surface area contributed by atoms with Crippen LogP contribution in [0.5, 0.6) is 0 Å². The first-order chi connectivity index (χ1) is 9.78. The molecule has 2 aromatic rings. The Kier molecular flexibility index (Phi) is 3.49. The van der Waals surface area contributed by atoms with Crippen LogP contribution in [0.2, 0.25) is 0 Å². The van der Waals surface area contributed by atoms with E-state index in [-0.39, 0.29) is 11.8 Å². The largest absolute Gasteiger partial charge is 0.350 e. The summed E-state index contributed by atoms with van der Waals surface area (Å²) in [6.07, 6.45) is 7.66. The fourth-order valence-electron chi connectivity index (χ4n) is 2.56. The third-order valence-electron chi connectivity index (χ3n) is 3.67. The van der Waals surface area contributed by atoms with Gasteiger partial charge in [0.25, 0.3) is 5.91 Å². The maximum atomic E-state index is 12.0. The molecule has 0 saturated heterocycles. The second kappa shape index (κ2) is 5.44. The summed E-state index contributed by atoms with van der Waals surface area (Å²) in [6, 6.07) is 0. The lowest BCUT2D eigenvalue weighted by atomic mass is 9.99. The van der Waals surface area contributed by atoms with Crippen LogP contribution in [-0.2, 0) is 13.1 Å². The van der Waals surface area contributed by atoms with E-state index in [4.69, 9.17) is 0 Å². The molecule has 0 aromatic carbocycles. The molecule has 3 heterocycles. The van der Waals surface area contributed by atoms with Crippen molar-refractivity contribution in [2.24, 2.45) is 0 Å². The van der Waals surface area contributed by atoms with Crippen molar-refractivity contribution in [3.8, 4) is 0 Å². The first kappa shape index (κ1) is 12.8. The average molecular weight is 274 g/mol. The van der Waals surface area contributed by atoms with Gasteiger partial charge in [-0.1, -0.05) is 5.21 Å². The van der Waals surface area contributed by atoms with E-state index in [1.165, 1.54) is 0 Å². The van der Waals surface area contributed by atoms with Crippen LogP contribution >= 0.6 is 0 Å². The second-order valence-corrected chi connectivity index (χ2v) is 4.99. The number of nitrogens with zero attached hydrogens (tertiary/aromatic N) is 5. The fourth-order valence-corrected chi connectivity index (χ4v) is 2.56. The molecule has 1 aliphatic rings. The summed E-state index contributed by atoms with van der Waals surface area (Å²) >= 11 is 0. The first-order valence-electron chi connectivity index (χ1n) is 6.97. The third-order valence-corrected chi connectivity index (χ3v) is 3.67. The van der Waals surface area contributed by atoms with Crippen LogP contribution in [0, 0.1) is 0 Å². The van der Waals surface area contributed by atoms with Gasteiger partial charge in [-0.2, -0.15) is 0 Å². The molecule has 2 aromatic heterocycles. The van der Waals surface area contributed by atoms with Crippen molar-refractivity contribution in [2.75, 3.05) is 6.54 Å². The molecular formula is C13H18N6O. The maximum Gasteiger partial charge on any atom is 0.273 e. The highest BCUT2D eigenvalue weighted by Crippen LogP contribution is 2.24. The molecule has 106 valence electrons. The number of hydrogen-bond donors (Lipinski definition) is 1. The van der Waals surface area contributed by atoms with Gasteiger partial charge >= 0.3 is 0 Å². The summed E-state index contributed by atoms with van der Waals surface area (Å²) in [5.41, 5.74) is 0.367. The van der Waals surface area contributed by atoms with Crippen LogP contribution < -0.4 is 5.32 Å². The lowest BCUT2D eigenvalue weighted by Gasteiger charge is -2.23. The Hall–Kier alpha value is -2.18. The molecule has 1 unspecified atom stereocenters. The standard InChI is InChI=1S/C13H18N6O/c1-2-19-9-11(16-17-19)13(20)15-8-10-4-3-6-18-7-5-14-12(10)18/h5,7,9-10H,2-4,6,8H2,1H3,(H,15,20). The molecule has 7 heteroatoms. The van der Waals surface area contributed by atoms with Crippen LogP contribution in [0.3, 0.4) is 0 Å². The number of carbonyl (C=O) groups is 1. The summed E-state index contributed by atoms with van der Waals surface area (Å²) < 4.78 is 3.80. The van der Waals surface area contributed by atoms with Crippen LogP contribution in [0.15, 0.2) is 18.6 Å². The highest BCUT2D eigenvalue weighted by molar-refractivity contribution is 5.91. The van der Waals surface area contributed by atoms with Crippen molar-refractivity contribution in [3.63, 3.8) is 0 Å². The molecule has 1 N–H and O–H groups in total. The minimum Gasteiger partial charge on any atom is -0.350 e. The molecule has 0 fully saturated rings. The van der Waals surface area contributed by atoms with Crippen molar-refractivity contribution in [1.82, 2.24) is 29.9 Å². The Morgan fingerprint density at radius 1 is 1.55 bits per heavy atom. The van der Waals surface area contributed by atoms with Crippen molar-refractivity contribution >= 4 is 5.91 Å². The number of hydrogen-bond acceptors (Lipinski definition) is 4. The van der Waals surface area contributed by atoms with Gasteiger partial charge in [0.2, 0.25) is 0 Å². The molecule has 1 amide bonds. The summed E-state index contributed by atoms with van der Waals surface area (Å²) in [7, 11) is 0. The Labute approximate surface area is 117 Å². The highest BCUT2D eigenvalue weighted by atomic mass is 16.2. The monoisotopic (exact) mass is 274 g/mol. The van der Waals surface area contributed by atoms with Crippen LogP contribution in [0.1, 0.15) is 42.0 Å². The second-order valence-electron chi connectivity index (χ2n) is 4.99. The fraction of sp³-hybridized carbons (Fsp3) is 0.538. The average Bonchev–Trinajstić information content (AvgIpc) is 3.13. The number of nitrogens with one attached hydrogen (secondary N) is 1. The van der Waals surface area contributed by atoms with Gasteiger partial charge < -0.3 is 9.88 Å². The molecule has 1 atom stereocenters. The molecule has 0 bridgehead atoms. The van der Waals surface area contributed by atoms with Gasteiger partial charge in [0.1, 0.15) is 5.82 Å². The predicted octanol–water partition coefficient (Wildman–Crippen LogP) is 0.802. The van der Waals surface area contributed by atoms with Gasteiger partial charge in [-0.25, -0.2) is 4.98 Å². The summed E-state index contributed by atoms with van der Waals surface area (Å²) in [5.74, 6) is 1.17. The number of aryl methyl sites for hydroxylation is 2. The van der Waals surface area contributed by atoms with Crippen molar-refractivity contribution in [1.29, 1.82) is 0 Å². The van der Waals surface area contributed by atoms with E-state index in [2.05, 4.69) is 25.2 Å². The van der Waals surface area contributed by atoms with Gasteiger partial charge in [-0.15, -0.1) is 5.10 Å². The summed E-state index contributed by atoms with van der Waals surface area (Å²) in [4.78, 5) is 16.4. The first-order valence-corrected chi connectivity index (χ1v) is 6.97. The van der Waals surface area contributed by atoms with E-state index in [0.717, 1.165) is 25.2 Å². The lowest BCUT2D eigenvalue weighted by molar-refractivity contribution is 0.0944. The summed E-state index contributed by atoms with van der Waals surface area (Å²) in [5, 5.41) is 10.7. The molecule has 0 spiro atoms. The van der Waals surface area contributed by atoms with E-state index in [1.807, 2.05) is 19.3 Å². The van der Waals surface area contributed by atoms with E-state index < -0.39 is 0 Å². The molecule has 7 nitrogen and oxygen atoms in total. The number of fused-ring (bicyclic) bond motifs is 1. The minimum atomic E-state index is -0.173. The molecule has 0 aliphatic carbocycles. The zero-order chi connectivity index (χ0) is 13.9. The van der Waals surface area contributed by atoms with Crippen molar-refractivity contribution in [2.45, 2.75) is 38.8 Å². The zero-order valence-corrected chi connectivity index (χ0v) is 11.5. The highest BCUT2D eigenvalue weighted by Gasteiger charge is 2.22. The Bertz CT molecular complexity index is 602. The number of amides is 1. The van der Waals surface area contributed by atoms with E-state index in [9.17, 15) is 4.79 Å². The van der Waals surface area contributed by atoms with Gasteiger partial charge in [0, 0.05) is 37.9 Å². The number of imidazole rings is 1. The number of rotatable bonds is 4. The molecule has 1 aliphatic heterocycles. The van der Waals surface area contributed by atoms with E-state index in [1.54, 1.807) is 10.9 Å². The Balaban J connectivity index is 1.62. The molecule has 3 rings (SSSR count). The van der Waals surface area contributed by atoms with Crippen molar-refractivity contribution in [3.05, 3.63) is 30.1 Å². The van der Waals surface area contributed by atoms with Crippen LogP contribution in [-0.4, -0.2) is 37.0 Å². The molecular weight excluding hydrogens is 256 g/mol. The SMILES string of the molecule is CCn1cc(C(=O)NCC2CCCn3ccnc32)nn1. The van der Waals surface area contributed by atoms with Gasteiger partial charge in [0.05, 0.1) is 6.20 Å². The molecule has 20 heavy (non-hydrogen) atoms. The van der Waals surface area contributed by atoms with Gasteiger partial charge in [-0.3, -0.25) is 9.48 Å². The quantitative estimate of drug-likeness (QED) is 0.894. The normalized spacial score (nSPS) is 17.8. The molecule has 0 saturated carbocycles. The van der Waals surface area contributed by atoms with Gasteiger partial charge in [-0.05, 0) is 19.8 Å². The Morgan fingerprint density at radius 2 is 2.45 bits per heavy atom. The van der Waals surface area contributed by atoms with Crippen molar-refractivity contribution < 1.29 is 4.79 Å². The maximum absolute atomic E-state index is 12.0. The number of carbonyl (C=O) groups excluding carboxylic acids is 1. The predicted molar refractivity (Wildman–Crippen MR) is 72.2 cm³/mol. The smallest absolute Gasteiger partial charge is 0.273 e. The summed E-state index contributed by atoms with van der Waals surface area (Å²) in [6.45, 7) is 4.28.